The van der Waals surface area contributed by atoms with Gasteiger partial charge in [-0.3, -0.25) is 15.2 Å². The van der Waals surface area contributed by atoms with E-state index in [2.05, 4.69) is 70.5 Å². The van der Waals surface area contributed by atoms with Crippen molar-refractivity contribution >= 4 is 23.1 Å². The van der Waals surface area contributed by atoms with Crippen molar-refractivity contribution in [2.24, 2.45) is 0 Å². The molecule has 1 aliphatic heterocycles. The van der Waals surface area contributed by atoms with Gasteiger partial charge >= 0.3 is 6.29 Å². The molecule has 30 heavy (non-hydrogen) atoms. The molecule has 0 aromatic heterocycles. The Bertz CT molecular complexity index is 818. The lowest BCUT2D eigenvalue weighted by Gasteiger charge is -2.43. The van der Waals surface area contributed by atoms with Crippen LogP contribution in [-0.2, 0) is 6.54 Å². The van der Waals surface area contributed by atoms with Gasteiger partial charge in [-0.05, 0) is 79.3 Å². The lowest BCUT2D eigenvalue weighted by Crippen LogP contribution is -2.58. The Labute approximate surface area is 186 Å². The van der Waals surface area contributed by atoms with Gasteiger partial charge in [0.2, 0.25) is 0 Å². The highest BCUT2D eigenvalue weighted by atomic mass is 32.2. The van der Waals surface area contributed by atoms with E-state index >= 15 is 0 Å². The summed E-state index contributed by atoms with van der Waals surface area (Å²) in [4.78, 5) is 4.42. The van der Waals surface area contributed by atoms with Gasteiger partial charge in [-0.1, -0.05) is 23.9 Å². The number of nitrogens with zero attached hydrogens (tertiary/aromatic N) is 3. The molecule has 166 valence electrons. The highest BCUT2D eigenvalue weighted by Gasteiger charge is 2.48. The van der Waals surface area contributed by atoms with Gasteiger partial charge < -0.3 is 10.5 Å². The van der Waals surface area contributed by atoms with E-state index < -0.39 is 6.29 Å². The number of rotatable bonds is 4. The first kappa shape index (κ1) is 24.1. The zero-order chi connectivity index (χ0) is 22.9. The molecule has 6 nitrogen and oxygen atoms in total. The van der Waals surface area contributed by atoms with E-state index in [9.17, 15) is 5.21 Å². The maximum Gasteiger partial charge on any atom is 0.322 e. The number of thioether (sulfide) groups is 1. The number of benzene rings is 1. The molecular formula is C23H37N5OS. The second-order valence-corrected chi connectivity index (χ2v) is 10.5. The molecule has 0 atom stereocenters. The summed E-state index contributed by atoms with van der Waals surface area (Å²) in [6.07, 6.45) is 3.10. The summed E-state index contributed by atoms with van der Waals surface area (Å²) >= 11 is 1.37. The molecule has 0 spiro atoms. The van der Waals surface area contributed by atoms with Crippen LogP contribution in [0.2, 0.25) is 0 Å². The van der Waals surface area contributed by atoms with Crippen LogP contribution in [0.1, 0.15) is 66.5 Å². The van der Waals surface area contributed by atoms with Crippen LogP contribution in [0.5, 0.6) is 0 Å². The number of amidine groups is 1. The topological polar surface area (TPSA) is 68.4 Å². The van der Waals surface area contributed by atoms with E-state index in [0.717, 1.165) is 27.3 Å². The Morgan fingerprint density at radius 2 is 1.67 bits per heavy atom. The normalized spacial score (nSPS) is 16.5. The Hall–Kier alpha value is -2.15. The molecule has 0 fully saturated rings. The summed E-state index contributed by atoms with van der Waals surface area (Å²) in [6, 6.07) is 7.89. The highest BCUT2D eigenvalue weighted by Crippen LogP contribution is 2.39. The smallest absolute Gasteiger partial charge is 0.322 e. The van der Waals surface area contributed by atoms with Crippen LogP contribution in [-0.4, -0.2) is 49.5 Å². The van der Waals surface area contributed by atoms with Gasteiger partial charge in [0.15, 0.2) is 11.4 Å². The number of hydrogen-bond acceptors (Lipinski definition) is 5. The maximum absolute atomic E-state index is 13.5. The average Bonchev–Trinajstić information content (AvgIpc) is 2.91. The Morgan fingerprint density at radius 1 is 1.13 bits per heavy atom. The fourth-order valence-corrected chi connectivity index (χ4v) is 4.21. The molecule has 0 amide bonds. The first-order valence-corrected chi connectivity index (χ1v) is 11.5. The minimum Gasteiger partial charge on any atom is -0.621 e. The maximum atomic E-state index is 13.5. The van der Waals surface area contributed by atoms with Gasteiger partial charge in [-0.25, -0.2) is 0 Å². The molecule has 0 saturated heterocycles. The molecule has 2 rings (SSSR count). The van der Waals surface area contributed by atoms with E-state index in [1.54, 1.807) is 6.21 Å². The van der Waals surface area contributed by atoms with Crippen molar-refractivity contribution in [2.75, 3.05) is 6.26 Å². The average molecular weight is 432 g/mol. The zero-order valence-electron chi connectivity index (χ0n) is 19.8. The van der Waals surface area contributed by atoms with Crippen molar-refractivity contribution in [3.63, 3.8) is 0 Å². The highest BCUT2D eigenvalue weighted by molar-refractivity contribution is 8.13. The van der Waals surface area contributed by atoms with E-state index in [1.807, 2.05) is 30.5 Å². The lowest BCUT2D eigenvalue weighted by atomic mass is 10.0. The molecule has 7 heteroatoms. The fraction of sp³-hybridized carbons (Fsp3) is 0.565. The fourth-order valence-electron chi connectivity index (χ4n) is 3.99. The van der Waals surface area contributed by atoms with Crippen molar-refractivity contribution in [2.45, 2.75) is 79.3 Å². The Morgan fingerprint density at radius 3 is 2.13 bits per heavy atom. The van der Waals surface area contributed by atoms with Gasteiger partial charge in [0.05, 0.1) is 0 Å². The SMILES string of the molecule is CSC(=N)NCc1cccc(/C=[N+](\[O-])C2N(C(C)(C)C)C(C)=C(C)N2C(C)(C)C)c1. The third-order valence-corrected chi connectivity index (χ3v) is 5.82. The van der Waals surface area contributed by atoms with Crippen LogP contribution < -0.4 is 5.32 Å². The van der Waals surface area contributed by atoms with E-state index in [1.165, 1.54) is 11.8 Å². The van der Waals surface area contributed by atoms with Crippen LogP contribution in [0.4, 0.5) is 0 Å². The summed E-state index contributed by atoms with van der Waals surface area (Å²) < 4.78 is 1.08. The van der Waals surface area contributed by atoms with Crippen LogP contribution in [0.25, 0.3) is 0 Å². The van der Waals surface area contributed by atoms with Crippen LogP contribution in [0.3, 0.4) is 0 Å². The second-order valence-electron chi connectivity index (χ2n) is 9.72. The Kier molecular flexibility index (Phi) is 7.17. The third kappa shape index (κ3) is 5.31. The first-order valence-electron chi connectivity index (χ1n) is 10.3. The van der Waals surface area contributed by atoms with Gasteiger partial charge in [0.25, 0.3) is 0 Å². The summed E-state index contributed by atoms with van der Waals surface area (Å²) in [7, 11) is 0. The van der Waals surface area contributed by atoms with Crippen molar-refractivity contribution in [1.29, 1.82) is 5.41 Å². The molecule has 1 aliphatic rings. The predicted molar refractivity (Wildman–Crippen MR) is 129 cm³/mol. The van der Waals surface area contributed by atoms with Gasteiger partial charge in [0.1, 0.15) is 0 Å². The first-order chi connectivity index (χ1) is 13.8. The molecule has 1 aromatic carbocycles. The monoisotopic (exact) mass is 431 g/mol. The van der Waals surface area contributed by atoms with E-state index in [-0.39, 0.29) is 11.1 Å². The van der Waals surface area contributed by atoms with E-state index in [4.69, 9.17) is 5.41 Å². The Balaban J connectivity index is 2.42. The van der Waals surface area contributed by atoms with E-state index in [0.29, 0.717) is 11.7 Å². The van der Waals surface area contributed by atoms with Crippen molar-refractivity contribution in [3.8, 4) is 0 Å². The number of hydrogen-bond donors (Lipinski definition) is 2. The van der Waals surface area contributed by atoms with Gasteiger partial charge in [-0.2, -0.15) is 4.74 Å². The summed E-state index contributed by atoms with van der Waals surface area (Å²) in [5, 5.41) is 24.8. The summed E-state index contributed by atoms with van der Waals surface area (Å²) in [5.74, 6) is 0. The molecular weight excluding hydrogens is 394 g/mol. The van der Waals surface area contributed by atoms with Crippen LogP contribution in [0.15, 0.2) is 35.7 Å². The minimum absolute atomic E-state index is 0.198. The second kappa shape index (κ2) is 8.92. The molecule has 0 bridgehead atoms. The van der Waals surface area contributed by atoms with Crippen molar-refractivity contribution in [1.82, 2.24) is 15.1 Å². The number of nitrogens with one attached hydrogen (secondary N) is 2. The molecule has 0 aliphatic carbocycles. The largest absolute Gasteiger partial charge is 0.621 e. The quantitative estimate of drug-likeness (QED) is 0.237. The third-order valence-electron chi connectivity index (χ3n) is 5.27. The summed E-state index contributed by atoms with van der Waals surface area (Å²) in [5.41, 5.74) is 3.75. The summed E-state index contributed by atoms with van der Waals surface area (Å²) in [6.45, 7) is 17.6. The molecule has 0 unspecified atom stereocenters. The molecule has 1 aromatic rings. The van der Waals surface area contributed by atoms with Crippen LogP contribution >= 0.6 is 11.8 Å². The van der Waals surface area contributed by atoms with Crippen molar-refractivity contribution < 1.29 is 4.74 Å². The van der Waals surface area contributed by atoms with Crippen molar-refractivity contribution in [3.05, 3.63) is 52.0 Å². The number of hydroxylamine groups is 1. The van der Waals surface area contributed by atoms with Crippen LogP contribution in [0, 0.1) is 10.6 Å². The molecule has 0 saturated carbocycles. The molecule has 0 radical (unpaired) electrons. The predicted octanol–water partition coefficient (Wildman–Crippen LogP) is 4.75. The molecule has 2 N–H and O–H groups in total. The number of allylic oxidation sites excluding steroid dienone is 2. The minimum atomic E-state index is -0.448. The zero-order valence-corrected chi connectivity index (χ0v) is 20.6. The lowest BCUT2D eigenvalue weighted by molar-refractivity contribution is -0.556. The standard InChI is InChI=1S/C23H37N5OS/c1-16-17(2)28(23(6,7)8)21(27(16)22(3,4)5)26(29)15-19-12-10-11-18(13-19)14-25-20(24)30-9/h10-13,15,21H,14H2,1-9H3,(H2,24,25)/b26-15-. The van der Waals surface area contributed by atoms with Gasteiger partial charge in [-0.15, -0.1) is 0 Å². The van der Waals surface area contributed by atoms with Gasteiger partial charge in [0, 0.05) is 34.6 Å². The molecule has 1 heterocycles.